The van der Waals surface area contributed by atoms with E-state index in [4.69, 9.17) is 9.47 Å². The van der Waals surface area contributed by atoms with E-state index in [9.17, 15) is 19.2 Å². The Balaban J connectivity index is 1.15. The highest BCUT2D eigenvalue weighted by molar-refractivity contribution is 5.97. The van der Waals surface area contributed by atoms with Gasteiger partial charge < -0.3 is 14.8 Å². The van der Waals surface area contributed by atoms with Crippen molar-refractivity contribution in [2.24, 2.45) is 5.10 Å². The predicted octanol–water partition coefficient (Wildman–Crippen LogP) is 6.78. The van der Waals surface area contributed by atoms with Crippen LogP contribution in [0.5, 0.6) is 11.5 Å². The highest BCUT2D eigenvalue weighted by Gasteiger charge is 2.12. The van der Waals surface area contributed by atoms with E-state index >= 15 is 0 Å². The van der Waals surface area contributed by atoms with Crippen molar-refractivity contribution in [3.63, 3.8) is 0 Å². The number of ether oxygens (including phenoxy) is 2. The van der Waals surface area contributed by atoms with Crippen molar-refractivity contribution < 1.29 is 28.7 Å². The minimum atomic E-state index is -0.671. The van der Waals surface area contributed by atoms with E-state index in [2.05, 4.69) is 15.8 Å². The van der Waals surface area contributed by atoms with Gasteiger partial charge in [-0.25, -0.2) is 15.0 Å². The number of benzene rings is 5. The van der Waals surface area contributed by atoms with Crippen molar-refractivity contribution in [2.75, 3.05) is 5.32 Å². The molecular weight excluding hydrogens is 606 g/mol. The first-order valence-electron chi connectivity index (χ1n) is 15.0. The summed E-state index contributed by atoms with van der Waals surface area (Å²) in [4.78, 5) is 50.3. The lowest BCUT2D eigenvalue weighted by molar-refractivity contribution is -0.129. The summed E-state index contributed by atoms with van der Waals surface area (Å²) in [6, 6.07) is 36.4. The average molecular weight is 638 g/mol. The molecule has 0 aromatic heterocycles. The van der Waals surface area contributed by atoms with Crippen LogP contribution in [0.1, 0.15) is 43.0 Å². The van der Waals surface area contributed by atoms with Gasteiger partial charge in [0.05, 0.1) is 18.2 Å². The van der Waals surface area contributed by atoms with Gasteiger partial charge in [0.15, 0.2) is 0 Å². The summed E-state index contributed by atoms with van der Waals surface area (Å²) in [6.45, 7) is 1.89. The third kappa shape index (κ3) is 9.45. The van der Waals surface area contributed by atoms with E-state index in [-0.39, 0.29) is 18.1 Å². The largest absolute Gasteiger partial charge is 0.423 e. The Hall–Kier alpha value is -6.61. The lowest BCUT2D eigenvalue weighted by atomic mass is 10.1. The van der Waals surface area contributed by atoms with E-state index in [1.807, 2.05) is 43.3 Å². The number of amides is 2. The number of para-hydroxylation sites is 2. The predicted molar refractivity (Wildman–Crippen MR) is 184 cm³/mol. The zero-order chi connectivity index (χ0) is 33.7. The van der Waals surface area contributed by atoms with E-state index in [1.54, 1.807) is 91.0 Å². The van der Waals surface area contributed by atoms with Crippen LogP contribution < -0.4 is 20.2 Å². The number of rotatable bonds is 11. The number of nitrogens with zero attached hydrogens (tertiary/aromatic N) is 1. The summed E-state index contributed by atoms with van der Waals surface area (Å²) < 4.78 is 11.1. The van der Waals surface area contributed by atoms with Crippen molar-refractivity contribution in [3.8, 4) is 11.5 Å². The molecule has 5 rings (SSSR count). The molecular formula is C39H31N3O6. The van der Waals surface area contributed by atoms with Gasteiger partial charge in [0.1, 0.15) is 11.5 Å². The van der Waals surface area contributed by atoms with E-state index in [1.165, 1.54) is 18.4 Å². The Bertz CT molecular complexity index is 1990. The van der Waals surface area contributed by atoms with Crippen molar-refractivity contribution in [2.45, 2.75) is 13.3 Å². The Labute approximate surface area is 277 Å². The Morgan fingerprint density at radius 1 is 0.688 bits per heavy atom. The van der Waals surface area contributed by atoms with Crippen molar-refractivity contribution >= 4 is 41.7 Å². The summed E-state index contributed by atoms with van der Waals surface area (Å²) in [5, 5.41) is 6.83. The van der Waals surface area contributed by atoms with Gasteiger partial charge in [-0.1, -0.05) is 78.4 Å². The van der Waals surface area contributed by atoms with Crippen LogP contribution in [0.4, 0.5) is 5.69 Å². The molecule has 9 nitrogen and oxygen atoms in total. The number of anilines is 1. The number of aryl methyl sites for hydroxylation is 1. The average Bonchev–Trinajstić information content (AvgIpc) is 3.09. The minimum Gasteiger partial charge on any atom is -0.423 e. The van der Waals surface area contributed by atoms with E-state index in [0.717, 1.165) is 11.1 Å². The maximum absolute atomic E-state index is 12.7. The molecule has 0 spiro atoms. The van der Waals surface area contributed by atoms with Gasteiger partial charge in [-0.3, -0.25) is 9.59 Å². The second-order valence-electron chi connectivity index (χ2n) is 10.6. The third-order valence-electron chi connectivity index (χ3n) is 6.91. The molecule has 9 heteroatoms. The smallest absolute Gasteiger partial charge is 0.343 e. The zero-order valence-electron chi connectivity index (χ0n) is 26.0. The van der Waals surface area contributed by atoms with Crippen LogP contribution in [-0.4, -0.2) is 30.0 Å². The summed E-state index contributed by atoms with van der Waals surface area (Å²) in [5.74, 6) is -1.30. The third-order valence-corrected chi connectivity index (χ3v) is 6.91. The van der Waals surface area contributed by atoms with Crippen molar-refractivity contribution in [1.82, 2.24) is 5.43 Å². The maximum Gasteiger partial charge on any atom is 0.343 e. The number of esters is 2. The zero-order valence-corrected chi connectivity index (χ0v) is 26.0. The molecule has 0 aliphatic rings. The first kappa shape index (κ1) is 32.8. The molecule has 0 saturated carbocycles. The standard InChI is InChI=1S/C39H31N3O6/c1-27-10-9-15-31(24-27)39(46)48-34-16-7-5-13-29(34)20-23-37(44)47-35-17-8-6-14-32(35)26-40-42-38(45)30-18-21-33(22-19-30)41-36(43)25-28-11-3-2-4-12-28/h2-24,26H,25H2,1H3,(H,41,43)(H,42,45)/b23-20+,40-26+. The topological polar surface area (TPSA) is 123 Å². The monoisotopic (exact) mass is 637 g/mol. The molecule has 0 bridgehead atoms. The maximum atomic E-state index is 12.7. The van der Waals surface area contributed by atoms with Crippen LogP contribution >= 0.6 is 0 Å². The Kier molecular flexibility index (Phi) is 11.0. The summed E-state index contributed by atoms with van der Waals surface area (Å²) in [5.41, 5.74) is 6.56. The second kappa shape index (κ2) is 16.1. The molecule has 0 unspecified atom stereocenters. The van der Waals surface area contributed by atoms with Gasteiger partial charge in [0.25, 0.3) is 5.91 Å². The molecule has 0 atom stereocenters. The molecule has 2 N–H and O–H groups in total. The van der Waals surface area contributed by atoms with Crippen LogP contribution in [0.15, 0.2) is 139 Å². The highest BCUT2D eigenvalue weighted by Crippen LogP contribution is 2.22. The van der Waals surface area contributed by atoms with Crippen LogP contribution in [0.3, 0.4) is 0 Å². The lowest BCUT2D eigenvalue weighted by Crippen LogP contribution is -2.18. The highest BCUT2D eigenvalue weighted by atomic mass is 16.5. The lowest BCUT2D eigenvalue weighted by Gasteiger charge is -2.08. The van der Waals surface area contributed by atoms with E-state index < -0.39 is 17.8 Å². The molecule has 238 valence electrons. The molecule has 0 fully saturated rings. The van der Waals surface area contributed by atoms with Crippen molar-refractivity contribution in [1.29, 1.82) is 0 Å². The van der Waals surface area contributed by atoms with Crippen LogP contribution in [0.25, 0.3) is 6.08 Å². The molecule has 48 heavy (non-hydrogen) atoms. The fraction of sp³-hybridized carbons (Fsp3) is 0.0513. The number of carbonyl (C=O) groups is 4. The molecule has 0 aliphatic heterocycles. The number of carbonyl (C=O) groups excluding carboxylic acids is 4. The molecule has 2 amide bonds. The van der Waals surface area contributed by atoms with Gasteiger partial charge in [0.2, 0.25) is 5.91 Å². The first-order valence-corrected chi connectivity index (χ1v) is 15.0. The number of hydrogen-bond acceptors (Lipinski definition) is 7. The fourth-order valence-electron chi connectivity index (χ4n) is 4.54. The van der Waals surface area contributed by atoms with E-state index in [0.29, 0.717) is 33.7 Å². The van der Waals surface area contributed by atoms with Gasteiger partial charge in [-0.15, -0.1) is 0 Å². The van der Waals surface area contributed by atoms with Gasteiger partial charge in [-0.2, -0.15) is 5.10 Å². The van der Waals surface area contributed by atoms with Gasteiger partial charge in [-0.05, 0) is 73.2 Å². The molecule has 5 aromatic carbocycles. The number of nitrogens with one attached hydrogen (secondary N) is 2. The Morgan fingerprint density at radius 2 is 1.35 bits per heavy atom. The van der Waals surface area contributed by atoms with Gasteiger partial charge >= 0.3 is 11.9 Å². The molecule has 0 aliphatic carbocycles. The summed E-state index contributed by atoms with van der Waals surface area (Å²) in [6.07, 6.45) is 4.33. The minimum absolute atomic E-state index is 0.165. The SMILES string of the molecule is Cc1cccc(C(=O)Oc2ccccc2/C=C/C(=O)Oc2ccccc2/C=N/NC(=O)c2ccc(NC(=O)Cc3ccccc3)cc2)c1. The summed E-state index contributed by atoms with van der Waals surface area (Å²) in [7, 11) is 0. The Morgan fingerprint density at radius 3 is 2.08 bits per heavy atom. The number of hydrazone groups is 1. The molecule has 0 heterocycles. The van der Waals surface area contributed by atoms with Crippen LogP contribution in [0, 0.1) is 6.92 Å². The molecule has 0 saturated heterocycles. The quantitative estimate of drug-likeness (QED) is 0.0541. The summed E-state index contributed by atoms with van der Waals surface area (Å²) >= 11 is 0. The number of hydrogen-bond donors (Lipinski definition) is 2. The van der Waals surface area contributed by atoms with Crippen molar-refractivity contribution in [3.05, 3.63) is 167 Å². The molecule has 0 radical (unpaired) electrons. The first-order chi connectivity index (χ1) is 23.3. The van der Waals surface area contributed by atoms with Gasteiger partial charge in [0, 0.05) is 28.5 Å². The normalized spacial score (nSPS) is 10.9. The second-order valence-corrected chi connectivity index (χ2v) is 10.6. The van der Waals surface area contributed by atoms with Crippen LogP contribution in [0.2, 0.25) is 0 Å². The molecule has 5 aromatic rings. The van der Waals surface area contributed by atoms with Crippen LogP contribution in [-0.2, 0) is 16.0 Å². The fourth-order valence-corrected chi connectivity index (χ4v) is 4.54.